The van der Waals surface area contributed by atoms with Crippen LogP contribution in [0.4, 0.5) is 0 Å². The molecule has 4 aromatic rings. The first-order valence-electron chi connectivity index (χ1n) is 13.4. The normalized spacial score (nSPS) is 11.2. The quantitative estimate of drug-likeness (QED) is 0.117. The van der Waals surface area contributed by atoms with Crippen molar-refractivity contribution in [3.05, 3.63) is 129 Å². The number of aryl methyl sites for hydroxylation is 2. The van der Waals surface area contributed by atoms with Crippen molar-refractivity contribution >= 4 is 35.7 Å². The molecule has 0 aliphatic heterocycles. The van der Waals surface area contributed by atoms with E-state index in [9.17, 15) is 9.59 Å². The largest absolute Gasteiger partial charge is 0.497 e. The van der Waals surface area contributed by atoms with E-state index in [1.54, 1.807) is 81.0 Å². The molecule has 0 radical (unpaired) electrons. The number of hydrazone groups is 1. The molecule has 4 rings (SSSR count). The highest BCUT2D eigenvalue weighted by atomic mass is 35.5. The molecule has 0 bridgehead atoms. The van der Waals surface area contributed by atoms with Gasteiger partial charge in [-0.2, -0.15) is 5.10 Å². The first kappa shape index (κ1) is 30.9. The van der Waals surface area contributed by atoms with Crippen molar-refractivity contribution in [2.24, 2.45) is 5.10 Å². The molecule has 0 heterocycles. The molecule has 0 aliphatic rings. The summed E-state index contributed by atoms with van der Waals surface area (Å²) in [5, 5.41) is 7.53. The second-order valence-electron chi connectivity index (χ2n) is 9.58. The van der Waals surface area contributed by atoms with Gasteiger partial charge in [0.25, 0.3) is 11.8 Å². The van der Waals surface area contributed by atoms with E-state index in [0.29, 0.717) is 39.0 Å². The summed E-state index contributed by atoms with van der Waals surface area (Å²) >= 11 is 6.28. The van der Waals surface area contributed by atoms with Gasteiger partial charge in [0.1, 0.15) is 29.6 Å². The predicted molar refractivity (Wildman–Crippen MR) is 169 cm³/mol. The van der Waals surface area contributed by atoms with E-state index < -0.39 is 11.8 Å². The third kappa shape index (κ3) is 8.47. The molecular weight excluding hydrogens is 566 g/mol. The summed E-state index contributed by atoms with van der Waals surface area (Å²) in [6.45, 7) is 4.11. The van der Waals surface area contributed by atoms with Crippen LogP contribution in [0.25, 0.3) is 6.08 Å². The molecular formula is C34H32ClN3O5. The molecule has 0 unspecified atom stereocenters. The summed E-state index contributed by atoms with van der Waals surface area (Å²) in [6.07, 6.45) is 3.07. The zero-order valence-electron chi connectivity index (χ0n) is 24.3. The van der Waals surface area contributed by atoms with Crippen molar-refractivity contribution in [1.29, 1.82) is 0 Å². The van der Waals surface area contributed by atoms with E-state index >= 15 is 0 Å². The van der Waals surface area contributed by atoms with Crippen LogP contribution in [0.2, 0.25) is 5.02 Å². The maximum atomic E-state index is 13.2. The topological polar surface area (TPSA) is 98.2 Å². The van der Waals surface area contributed by atoms with Gasteiger partial charge in [0.15, 0.2) is 0 Å². The number of methoxy groups -OCH3 is 2. The molecule has 0 atom stereocenters. The van der Waals surface area contributed by atoms with Crippen LogP contribution in [0.1, 0.15) is 38.2 Å². The van der Waals surface area contributed by atoms with Gasteiger partial charge in [-0.25, -0.2) is 5.43 Å². The first-order valence-corrected chi connectivity index (χ1v) is 13.8. The molecule has 0 saturated carbocycles. The lowest BCUT2D eigenvalue weighted by Crippen LogP contribution is -2.32. The monoisotopic (exact) mass is 597 g/mol. The Morgan fingerprint density at radius 3 is 2.16 bits per heavy atom. The van der Waals surface area contributed by atoms with Crippen molar-refractivity contribution in [2.45, 2.75) is 20.5 Å². The number of hydrogen-bond donors (Lipinski definition) is 2. The van der Waals surface area contributed by atoms with Gasteiger partial charge in [-0.1, -0.05) is 41.9 Å². The Balaban J connectivity index is 1.49. The van der Waals surface area contributed by atoms with Crippen molar-refractivity contribution in [3.8, 4) is 17.2 Å². The van der Waals surface area contributed by atoms with Crippen LogP contribution in [-0.2, 0) is 11.4 Å². The highest BCUT2D eigenvalue weighted by Gasteiger charge is 2.15. The molecule has 2 amide bonds. The summed E-state index contributed by atoms with van der Waals surface area (Å²) in [5.41, 5.74) is 6.98. The van der Waals surface area contributed by atoms with Crippen LogP contribution in [0.5, 0.6) is 17.2 Å². The minimum atomic E-state index is -0.595. The SMILES string of the molecule is COc1ccc(/C=C(\NC(=O)c2ccccc2)C(=O)N/N=C/c2ccc(OC)c(COc3cc(C)c(Cl)c(C)c3)c2)cc1. The van der Waals surface area contributed by atoms with Crippen LogP contribution < -0.4 is 25.0 Å². The molecule has 0 aliphatic carbocycles. The van der Waals surface area contributed by atoms with Gasteiger partial charge in [-0.15, -0.1) is 0 Å². The number of carbonyl (C=O) groups excluding carboxylic acids is 2. The molecule has 0 spiro atoms. The van der Waals surface area contributed by atoms with Gasteiger partial charge in [-0.3, -0.25) is 9.59 Å². The lowest BCUT2D eigenvalue weighted by atomic mass is 10.1. The Bertz CT molecular complexity index is 1630. The summed E-state index contributed by atoms with van der Waals surface area (Å²) < 4.78 is 16.7. The zero-order valence-corrected chi connectivity index (χ0v) is 25.1. The molecule has 0 fully saturated rings. The van der Waals surface area contributed by atoms with Gasteiger partial charge in [-0.05, 0) is 96.8 Å². The van der Waals surface area contributed by atoms with Crippen LogP contribution in [-0.4, -0.2) is 32.2 Å². The van der Waals surface area contributed by atoms with E-state index in [2.05, 4.69) is 15.8 Å². The Kier molecular flexibility index (Phi) is 10.6. The molecule has 220 valence electrons. The lowest BCUT2D eigenvalue weighted by molar-refractivity contribution is -0.117. The van der Waals surface area contributed by atoms with Crippen molar-refractivity contribution < 1.29 is 23.8 Å². The first-order chi connectivity index (χ1) is 20.8. The molecule has 4 aromatic carbocycles. The average Bonchev–Trinajstić information content (AvgIpc) is 3.03. The highest BCUT2D eigenvalue weighted by Crippen LogP contribution is 2.28. The number of benzene rings is 4. The third-order valence-corrected chi connectivity index (χ3v) is 7.04. The average molecular weight is 598 g/mol. The zero-order chi connectivity index (χ0) is 30.8. The number of hydrogen-bond acceptors (Lipinski definition) is 6. The second kappa shape index (κ2) is 14.7. The standard InChI is InChI=1S/C34H32ClN3O5/c1-22-16-29(17-23(2)32(22)35)43-21-27-18-25(12-15-31(27)42-4)20-36-38-34(40)30(19-24-10-13-28(41-3)14-11-24)37-33(39)26-8-6-5-7-9-26/h5-20H,21H2,1-4H3,(H,37,39)(H,38,40)/b30-19-,36-20+. The Hall–Kier alpha value is -5.08. The van der Waals surface area contributed by atoms with Crippen LogP contribution >= 0.6 is 11.6 Å². The van der Waals surface area contributed by atoms with Gasteiger partial charge >= 0.3 is 0 Å². The molecule has 8 nitrogen and oxygen atoms in total. The van der Waals surface area contributed by atoms with Gasteiger partial charge < -0.3 is 19.5 Å². The molecule has 2 N–H and O–H groups in total. The van der Waals surface area contributed by atoms with E-state index in [1.165, 1.54) is 6.21 Å². The number of ether oxygens (including phenoxy) is 3. The molecule has 9 heteroatoms. The van der Waals surface area contributed by atoms with Gasteiger partial charge in [0.2, 0.25) is 0 Å². The molecule has 0 aromatic heterocycles. The summed E-state index contributed by atoms with van der Waals surface area (Å²) in [7, 11) is 3.16. The van der Waals surface area contributed by atoms with E-state index in [0.717, 1.165) is 16.7 Å². The Labute approximate surface area is 255 Å². The Morgan fingerprint density at radius 1 is 0.837 bits per heavy atom. The fraction of sp³-hybridized carbons (Fsp3) is 0.147. The van der Waals surface area contributed by atoms with E-state index in [1.807, 2.05) is 38.1 Å². The molecule has 0 saturated heterocycles. The number of nitrogens with one attached hydrogen (secondary N) is 2. The van der Waals surface area contributed by atoms with Crippen molar-refractivity contribution in [1.82, 2.24) is 10.7 Å². The van der Waals surface area contributed by atoms with Crippen LogP contribution in [0.3, 0.4) is 0 Å². The summed E-state index contributed by atoms with van der Waals surface area (Å²) in [6, 6.07) is 24.9. The fourth-order valence-corrected chi connectivity index (χ4v) is 4.29. The number of rotatable bonds is 11. The van der Waals surface area contributed by atoms with E-state index in [4.69, 9.17) is 25.8 Å². The highest BCUT2D eigenvalue weighted by molar-refractivity contribution is 6.32. The third-order valence-electron chi connectivity index (χ3n) is 6.44. The number of halogens is 1. The fourth-order valence-electron chi connectivity index (χ4n) is 4.18. The van der Waals surface area contributed by atoms with Gasteiger partial charge in [0, 0.05) is 16.1 Å². The minimum Gasteiger partial charge on any atom is -0.497 e. The smallest absolute Gasteiger partial charge is 0.287 e. The van der Waals surface area contributed by atoms with Crippen molar-refractivity contribution in [3.63, 3.8) is 0 Å². The number of carbonyl (C=O) groups is 2. The Morgan fingerprint density at radius 2 is 1.51 bits per heavy atom. The van der Waals surface area contributed by atoms with Crippen LogP contribution in [0, 0.1) is 13.8 Å². The maximum Gasteiger partial charge on any atom is 0.287 e. The minimum absolute atomic E-state index is 0.0218. The van der Waals surface area contributed by atoms with Crippen molar-refractivity contribution in [2.75, 3.05) is 14.2 Å². The number of nitrogens with zero attached hydrogens (tertiary/aromatic N) is 1. The molecule has 43 heavy (non-hydrogen) atoms. The summed E-state index contributed by atoms with van der Waals surface area (Å²) in [4.78, 5) is 26.0. The maximum absolute atomic E-state index is 13.2. The second-order valence-corrected chi connectivity index (χ2v) is 9.96. The predicted octanol–water partition coefficient (Wildman–Crippen LogP) is 6.47. The van der Waals surface area contributed by atoms with E-state index in [-0.39, 0.29) is 12.3 Å². The number of amides is 2. The summed E-state index contributed by atoms with van der Waals surface area (Å²) in [5.74, 6) is 0.995. The lowest BCUT2D eigenvalue weighted by Gasteiger charge is -2.13. The van der Waals surface area contributed by atoms with Crippen LogP contribution in [0.15, 0.2) is 95.7 Å². The van der Waals surface area contributed by atoms with Gasteiger partial charge in [0.05, 0.1) is 20.4 Å².